The zero-order chi connectivity index (χ0) is 14.5. The van der Waals surface area contributed by atoms with E-state index in [1.807, 2.05) is 0 Å². The quantitative estimate of drug-likeness (QED) is 0.811. The van der Waals surface area contributed by atoms with Gasteiger partial charge in [-0.3, -0.25) is 4.90 Å². The number of nitrogens with one attached hydrogen (secondary N) is 2. The molecule has 0 spiro atoms. The van der Waals surface area contributed by atoms with Crippen LogP contribution in [0.4, 0.5) is 5.69 Å². The number of hydrogen-bond acceptors (Lipinski definition) is 4. The molecule has 1 fully saturated rings. The second kappa shape index (κ2) is 7.25. The highest BCUT2D eigenvalue weighted by Crippen LogP contribution is 2.25. The highest BCUT2D eigenvalue weighted by Gasteiger charge is 2.17. The van der Waals surface area contributed by atoms with E-state index in [9.17, 15) is 0 Å². The molecule has 21 heavy (non-hydrogen) atoms. The Morgan fingerprint density at radius 2 is 2.19 bits per heavy atom. The number of anilines is 1. The van der Waals surface area contributed by atoms with Crippen LogP contribution < -0.4 is 10.6 Å². The van der Waals surface area contributed by atoms with Gasteiger partial charge in [0.2, 0.25) is 0 Å². The molecule has 0 bridgehead atoms. The van der Waals surface area contributed by atoms with E-state index in [1.165, 1.54) is 29.8 Å². The molecule has 1 atom stereocenters. The Hall–Kier alpha value is -1.10. The predicted molar refractivity (Wildman–Crippen MR) is 86.8 cm³/mol. The molecule has 1 aromatic carbocycles. The SMILES string of the molecule is CC1Cc2c(cccc2NCCCN2CCOCC2)CN1. The normalized spacial score (nSPS) is 22.8. The summed E-state index contributed by atoms with van der Waals surface area (Å²) in [6, 6.07) is 7.22. The summed E-state index contributed by atoms with van der Waals surface area (Å²) in [5.41, 5.74) is 4.30. The first kappa shape index (κ1) is 14.8. The summed E-state index contributed by atoms with van der Waals surface area (Å²) in [5.74, 6) is 0. The van der Waals surface area contributed by atoms with Gasteiger partial charge in [-0.1, -0.05) is 12.1 Å². The van der Waals surface area contributed by atoms with Crippen molar-refractivity contribution < 1.29 is 4.74 Å². The predicted octanol–water partition coefficient (Wildman–Crippen LogP) is 1.85. The topological polar surface area (TPSA) is 36.5 Å². The maximum atomic E-state index is 5.38. The molecule has 4 nitrogen and oxygen atoms in total. The van der Waals surface area contributed by atoms with E-state index >= 15 is 0 Å². The molecule has 3 rings (SSSR count). The summed E-state index contributed by atoms with van der Waals surface area (Å²) in [7, 11) is 0. The van der Waals surface area contributed by atoms with Gasteiger partial charge in [0.05, 0.1) is 13.2 Å². The Morgan fingerprint density at radius 1 is 1.33 bits per heavy atom. The van der Waals surface area contributed by atoms with Crippen molar-refractivity contribution >= 4 is 5.69 Å². The lowest BCUT2D eigenvalue weighted by atomic mass is 9.95. The van der Waals surface area contributed by atoms with Crippen LogP contribution in [0.15, 0.2) is 18.2 Å². The van der Waals surface area contributed by atoms with Gasteiger partial charge in [-0.05, 0) is 43.5 Å². The zero-order valence-corrected chi connectivity index (χ0v) is 13.0. The molecule has 1 saturated heterocycles. The maximum absolute atomic E-state index is 5.38. The Bertz CT molecular complexity index is 457. The standard InChI is InChI=1S/C17H27N3O/c1-14-12-16-15(13-19-14)4-2-5-17(16)18-6-3-7-20-8-10-21-11-9-20/h2,4-5,14,18-19H,3,6-13H2,1H3. The molecule has 2 N–H and O–H groups in total. The first-order valence-corrected chi connectivity index (χ1v) is 8.21. The van der Waals surface area contributed by atoms with Gasteiger partial charge in [0.15, 0.2) is 0 Å². The molecule has 0 aliphatic carbocycles. The van der Waals surface area contributed by atoms with Gasteiger partial charge in [-0.2, -0.15) is 0 Å². The second-order valence-corrected chi connectivity index (χ2v) is 6.16. The van der Waals surface area contributed by atoms with Crippen molar-refractivity contribution in [1.29, 1.82) is 0 Å². The van der Waals surface area contributed by atoms with Crippen molar-refractivity contribution in [2.24, 2.45) is 0 Å². The largest absolute Gasteiger partial charge is 0.385 e. The van der Waals surface area contributed by atoms with Crippen molar-refractivity contribution in [3.05, 3.63) is 29.3 Å². The van der Waals surface area contributed by atoms with Crippen LogP contribution in [0.5, 0.6) is 0 Å². The van der Waals surface area contributed by atoms with Crippen LogP contribution in [0.3, 0.4) is 0 Å². The molecule has 4 heteroatoms. The van der Waals surface area contributed by atoms with Crippen LogP contribution >= 0.6 is 0 Å². The summed E-state index contributed by atoms with van der Waals surface area (Å²) in [6.07, 6.45) is 2.32. The monoisotopic (exact) mass is 289 g/mol. The second-order valence-electron chi connectivity index (χ2n) is 6.16. The van der Waals surface area contributed by atoms with Gasteiger partial charge < -0.3 is 15.4 Å². The smallest absolute Gasteiger partial charge is 0.0594 e. The Labute approximate surface area is 127 Å². The number of hydrogen-bond donors (Lipinski definition) is 2. The van der Waals surface area contributed by atoms with Crippen molar-refractivity contribution in [3.63, 3.8) is 0 Å². The molecule has 0 radical (unpaired) electrons. The van der Waals surface area contributed by atoms with Gasteiger partial charge >= 0.3 is 0 Å². The first-order valence-electron chi connectivity index (χ1n) is 8.21. The minimum atomic E-state index is 0.578. The summed E-state index contributed by atoms with van der Waals surface area (Å²) < 4.78 is 5.38. The maximum Gasteiger partial charge on any atom is 0.0594 e. The first-order chi connectivity index (χ1) is 10.3. The summed E-state index contributed by atoms with van der Waals surface area (Å²) in [6.45, 7) is 9.44. The molecular formula is C17H27N3O. The highest BCUT2D eigenvalue weighted by molar-refractivity contribution is 5.55. The molecular weight excluding hydrogens is 262 g/mol. The molecule has 0 saturated carbocycles. The van der Waals surface area contributed by atoms with E-state index in [4.69, 9.17) is 4.74 Å². The van der Waals surface area contributed by atoms with Gasteiger partial charge in [0, 0.05) is 37.9 Å². The molecule has 1 aromatic rings. The fourth-order valence-electron chi connectivity index (χ4n) is 3.22. The Kier molecular flexibility index (Phi) is 5.12. The van der Waals surface area contributed by atoms with E-state index < -0.39 is 0 Å². The van der Waals surface area contributed by atoms with Crippen molar-refractivity contribution in [3.8, 4) is 0 Å². The minimum absolute atomic E-state index is 0.578. The molecule has 2 aliphatic heterocycles. The van der Waals surface area contributed by atoms with Crippen molar-refractivity contribution in [2.45, 2.75) is 32.4 Å². The average molecular weight is 289 g/mol. The third kappa shape index (κ3) is 3.96. The minimum Gasteiger partial charge on any atom is -0.385 e. The van der Waals surface area contributed by atoms with E-state index in [-0.39, 0.29) is 0 Å². The van der Waals surface area contributed by atoms with Crippen molar-refractivity contribution in [2.75, 3.05) is 44.7 Å². The average Bonchev–Trinajstić information content (AvgIpc) is 2.53. The van der Waals surface area contributed by atoms with Crippen LogP contribution in [-0.2, 0) is 17.7 Å². The summed E-state index contributed by atoms with van der Waals surface area (Å²) >= 11 is 0. The fourth-order valence-corrected chi connectivity index (χ4v) is 3.22. The molecule has 1 unspecified atom stereocenters. The molecule has 116 valence electrons. The van der Waals surface area contributed by atoms with Crippen LogP contribution in [0.25, 0.3) is 0 Å². The Morgan fingerprint density at radius 3 is 3.05 bits per heavy atom. The third-order valence-corrected chi connectivity index (χ3v) is 4.49. The summed E-state index contributed by atoms with van der Waals surface area (Å²) in [4.78, 5) is 2.50. The number of nitrogens with zero attached hydrogens (tertiary/aromatic N) is 1. The molecule has 2 aliphatic rings. The van der Waals surface area contributed by atoms with Crippen LogP contribution in [0.1, 0.15) is 24.5 Å². The number of rotatable bonds is 5. The van der Waals surface area contributed by atoms with Gasteiger partial charge in [0.25, 0.3) is 0 Å². The molecule has 2 heterocycles. The van der Waals surface area contributed by atoms with Crippen LogP contribution in [0, 0.1) is 0 Å². The molecule has 0 amide bonds. The van der Waals surface area contributed by atoms with E-state index in [1.54, 1.807) is 0 Å². The van der Waals surface area contributed by atoms with Crippen LogP contribution in [0.2, 0.25) is 0 Å². The van der Waals surface area contributed by atoms with Crippen molar-refractivity contribution in [1.82, 2.24) is 10.2 Å². The fraction of sp³-hybridized carbons (Fsp3) is 0.647. The van der Waals surface area contributed by atoms with E-state index in [2.05, 4.69) is 40.7 Å². The highest BCUT2D eigenvalue weighted by atomic mass is 16.5. The third-order valence-electron chi connectivity index (χ3n) is 4.49. The number of ether oxygens (including phenoxy) is 1. The summed E-state index contributed by atoms with van der Waals surface area (Å²) in [5, 5.41) is 7.18. The van der Waals surface area contributed by atoms with Gasteiger partial charge in [0.1, 0.15) is 0 Å². The molecule has 0 aromatic heterocycles. The van der Waals surface area contributed by atoms with Gasteiger partial charge in [-0.25, -0.2) is 0 Å². The van der Waals surface area contributed by atoms with E-state index in [0.717, 1.165) is 45.8 Å². The number of morpholine rings is 1. The van der Waals surface area contributed by atoms with Gasteiger partial charge in [-0.15, -0.1) is 0 Å². The Balaban J connectivity index is 1.49. The lowest BCUT2D eigenvalue weighted by Gasteiger charge is -2.27. The zero-order valence-electron chi connectivity index (χ0n) is 13.0. The van der Waals surface area contributed by atoms with Crippen LogP contribution in [-0.4, -0.2) is 50.3 Å². The number of benzene rings is 1. The number of fused-ring (bicyclic) bond motifs is 1. The van der Waals surface area contributed by atoms with E-state index in [0.29, 0.717) is 6.04 Å². The lowest BCUT2D eigenvalue weighted by Crippen LogP contribution is -2.37. The lowest BCUT2D eigenvalue weighted by molar-refractivity contribution is 0.0378.